The SMILES string of the molecule is O=C(Nc1ccc(Cc2ccncc2)cc1)c1ccc(C(=O)Nc2ccc(Cc3ccncc3)cc2)cc1. The number of carbonyl (C=O) groups is 2. The van der Waals surface area contributed by atoms with Gasteiger partial charge in [0.2, 0.25) is 0 Å². The molecule has 0 atom stereocenters. The highest BCUT2D eigenvalue weighted by molar-refractivity contribution is 6.07. The molecule has 5 aromatic rings. The minimum Gasteiger partial charge on any atom is -0.322 e. The summed E-state index contributed by atoms with van der Waals surface area (Å²) in [6.07, 6.45) is 8.72. The second kappa shape index (κ2) is 11.8. The highest BCUT2D eigenvalue weighted by atomic mass is 16.2. The zero-order valence-electron chi connectivity index (χ0n) is 20.7. The largest absolute Gasteiger partial charge is 0.322 e. The van der Waals surface area contributed by atoms with Crippen molar-refractivity contribution in [2.45, 2.75) is 12.8 Å². The van der Waals surface area contributed by atoms with Crippen molar-refractivity contribution in [1.82, 2.24) is 9.97 Å². The van der Waals surface area contributed by atoms with Crippen molar-refractivity contribution in [1.29, 1.82) is 0 Å². The lowest BCUT2D eigenvalue weighted by Crippen LogP contribution is -2.14. The molecule has 6 heteroatoms. The third-order valence-electron chi connectivity index (χ3n) is 6.15. The van der Waals surface area contributed by atoms with E-state index in [0.717, 1.165) is 24.0 Å². The quantitative estimate of drug-likeness (QED) is 0.268. The Hall–Kier alpha value is -5.10. The van der Waals surface area contributed by atoms with Crippen LogP contribution in [0.5, 0.6) is 0 Å². The Morgan fingerprint density at radius 2 is 0.763 bits per heavy atom. The number of hydrogen-bond acceptors (Lipinski definition) is 4. The van der Waals surface area contributed by atoms with Crippen LogP contribution in [0, 0.1) is 0 Å². The van der Waals surface area contributed by atoms with E-state index in [1.165, 1.54) is 11.1 Å². The fraction of sp³-hybridized carbons (Fsp3) is 0.0625. The summed E-state index contributed by atoms with van der Waals surface area (Å²) in [6, 6.07) is 30.1. The Bertz CT molecular complexity index is 1380. The molecule has 5 rings (SSSR count). The Kier molecular flexibility index (Phi) is 7.61. The maximum atomic E-state index is 12.7. The topological polar surface area (TPSA) is 84.0 Å². The number of pyridine rings is 2. The summed E-state index contributed by atoms with van der Waals surface area (Å²) in [5.41, 5.74) is 7.02. The number of rotatable bonds is 8. The van der Waals surface area contributed by atoms with Crippen molar-refractivity contribution in [3.8, 4) is 0 Å². The standard InChI is InChI=1S/C32H26N4O2/c37-31(35-29-9-1-23(2-10-29)21-25-13-17-33-18-14-25)27-5-7-28(8-6-27)32(38)36-30-11-3-24(4-12-30)22-26-15-19-34-20-16-26/h1-20H,21-22H2,(H,35,37)(H,36,38). The van der Waals surface area contributed by atoms with Crippen molar-refractivity contribution in [3.63, 3.8) is 0 Å². The molecule has 2 N–H and O–H groups in total. The van der Waals surface area contributed by atoms with Gasteiger partial charge in [-0.1, -0.05) is 24.3 Å². The first-order chi connectivity index (χ1) is 18.6. The number of anilines is 2. The third-order valence-corrected chi connectivity index (χ3v) is 6.15. The van der Waals surface area contributed by atoms with E-state index in [2.05, 4.69) is 20.6 Å². The predicted octanol–water partition coefficient (Wildman–Crippen LogP) is 6.16. The Morgan fingerprint density at radius 3 is 1.11 bits per heavy atom. The van der Waals surface area contributed by atoms with E-state index in [4.69, 9.17) is 0 Å². The van der Waals surface area contributed by atoms with Gasteiger partial charge in [-0.2, -0.15) is 0 Å². The summed E-state index contributed by atoms with van der Waals surface area (Å²) < 4.78 is 0. The summed E-state index contributed by atoms with van der Waals surface area (Å²) >= 11 is 0. The van der Waals surface area contributed by atoms with E-state index in [1.807, 2.05) is 72.8 Å². The molecule has 2 amide bonds. The number of aromatic nitrogens is 2. The van der Waals surface area contributed by atoms with E-state index in [0.29, 0.717) is 22.5 Å². The lowest BCUT2D eigenvalue weighted by atomic mass is 10.1. The van der Waals surface area contributed by atoms with Gasteiger partial charge in [-0.3, -0.25) is 19.6 Å². The average molecular weight is 499 g/mol. The second-order valence-corrected chi connectivity index (χ2v) is 8.94. The van der Waals surface area contributed by atoms with Crippen LogP contribution in [0.2, 0.25) is 0 Å². The molecule has 0 saturated heterocycles. The fourth-order valence-electron chi connectivity index (χ4n) is 4.06. The molecule has 186 valence electrons. The lowest BCUT2D eigenvalue weighted by Gasteiger charge is -2.09. The molecule has 0 aliphatic heterocycles. The molecular weight excluding hydrogens is 472 g/mol. The summed E-state index contributed by atoms with van der Waals surface area (Å²) in [7, 11) is 0. The van der Waals surface area contributed by atoms with Gasteiger partial charge >= 0.3 is 0 Å². The van der Waals surface area contributed by atoms with Gasteiger partial charge in [-0.25, -0.2) is 0 Å². The van der Waals surface area contributed by atoms with Crippen LogP contribution in [-0.4, -0.2) is 21.8 Å². The van der Waals surface area contributed by atoms with Crippen LogP contribution in [-0.2, 0) is 12.8 Å². The van der Waals surface area contributed by atoms with E-state index >= 15 is 0 Å². The highest BCUT2D eigenvalue weighted by Gasteiger charge is 2.10. The van der Waals surface area contributed by atoms with E-state index in [-0.39, 0.29) is 11.8 Å². The van der Waals surface area contributed by atoms with Gasteiger partial charge in [-0.05, 0) is 108 Å². The van der Waals surface area contributed by atoms with Crippen molar-refractivity contribution in [3.05, 3.63) is 155 Å². The van der Waals surface area contributed by atoms with Crippen molar-refractivity contribution < 1.29 is 9.59 Å². The summed E-state index contributed by atoms with van der Waals surface area (Å²) in [4.78, 5) is 33.5. The van der Waals surface area contributed by atoms with Crippen LogP contribution in [0.1, 0.15) is 43.0 Å². The van der Waals surface area contributed by atoms with Crippen molar-refractivity contribution >= 4 is 23.2 Å². The molecule has 0 spiro atoms. The van der Waals surface area contributed by atoms with E-state index < -0.39 is 0 Å². The molecule has 0 fully saturated rings. The lowest BCUT2D eigenvalue weighted by molar-refractivity contribution is 0.101. The first-order valence-electron chi connectivity index (χ1n) is 12.3. The number of amides is 2. The van der Waals surface area contributed by atoms with Crippen molar-refractivity contribution in [2.75, 3.05) is 10.6 Å². The average Bonchev–Trinajstić information content (AvgIpc) is 2.96. The summed E-state index contributed by atoms with van der Waals surface area (Å²) in [5, 5.41) is 5.81. The zero-order chi connectivity index (χ0) is 26.2. The number of nitrogens with one attached hydrogen (secondary N) is 2. The molecule has 0 radical (unpaired) electrons. The minimum absolute atomic E-state index is 0.233. The van der Waals surface area contributed by atoms with Gasteiger partial charge in [0.25, 0.3) is 11.8 Å². The van der Waals surface area contributed by atoms with Crippen LogP contribution in [0.15, 0.2) is 122 Å². The van der Waals surface area contributed by atoms with E-state index in [9.17, 15) is 9.59 Å². The van der Waals surface area contributed by atoms with Crippen LogP contribution < -0.4 is 10.6 Å². The molecule has 6 nitrogen and oxygen atoms in total. The number of nitrogens with zero attached hydrogens (tertiary/aromatic N) is 2. The van der Waals surface area contributed by atoms with Gasteiger partial charge in [0.15, 0.2) is 0 Å². The molecule has 3 aromatic carbocycles. The minimum atomic E-state index is -0.233. The maximum absolute atomic E-state index is 12.7. The highest BCUT2D eigenvalue weighted by Crippen LogP contribution is 2.17. The fourth-order valence-corrected chi connectivity index (χ4v) is 4.06. The normalized spacial score (nSPS) is 10.5. The summed E-state index contributed by atoms with van der Waals surface area (Å²) in [5.74, 6) is -0.466. The van der Waals surface area contributed by atoms with Gasteiger partial charge < -0.3 is 10.6 Å². The molecule has 38 heavy (non-hydrogen) atoms. The van der Waals surface area contributed by atoms with Gasteiger partial charge in [0, 0.05) is 47.3 Å². The Labute approximate surface area is 221 Å². The second-order valence-electron chi connectivity index (χ2n) is 8.94. The third kappa shape index (κ3) is 6.56. The zero-order valence-corrected chi connectivity index (χ0v) is 20.7. The molecule has 0 unspecified atom stereocenters. The van der Waals surface area contributed by atoms with Gasteiger partial charge in [0.05, 0.1) is 0 Å². The van der Waals surface area contributed by atoms with Crippen LogP contribution in [0.3, 0.4) is 0 Å². The molecule has 0 saturated carbocycles. The smallest absolute Gasteiger partial charge is 0.255 e. The van der Waals surface area contributed by atoms with Crippen LogP contribution in [0.25, 0.3) is 0 Å². The summed E-state index contributed by atoms with van der Waals surface area (Å²) in [6.45, 7) is 0. The Morgan fingerprint density at radius 1 is 0.447 bits per heavy atom. The first kappa shape index (κ1) is 24.6. The van der Waals surface area contributed by atoms with Gasteiger partial charge in [0.1, 0.15) is 0 Å². The molecular formula is C32H26N4O2. The molecule has 2 aromatic heterocycles. The maximum Gasteiger partial charge on any atom is 0.255 e. The van der Waals surface area contributed by atoms with Crippen LogP contribution >= 0.6 is 0 Å². The molecule has 0 aliphatic rings. The van der Waals surface area contributed by atoms with E-state index in [1.54, 1.807) is 49.1 Å². The first-order valence-corrected chi connectivity index (χ1v) is 12.3. The number of benzene rings is 3. The number of hydrogen-bond donors (Lipinski definition) is 2. The van der Waals surface area contributed by atoms with Crippen molar-refractivity contribution in [2.24, 2.45) is 0 Å². The van der Waals surface area contributed by atoms with Crippen LogP contribution in [0.4, 0.5) is 11.4 Å². The molecule has 0 aliphatic carbocycles. The van der Waals surface area contributed by atoms with Gasteiger partial charge in [-0.15, -0.1) is 0 Å². The monoisotopic (exact) mass is 498 g/mol. The Balaban J connectivity index is 1.14. The predicted molar refractivity (Wildman–Crippen MR) is 149 cm³/mol. The molecule has 0 bridgehead atoms. The number of carbonyl (C=O) groups excluding carboxylic acids is 2. The molecule has 2 heterocycles.